The maximum absolute atomic E-state index is 10.9. The molecule has 0 amide bonds. The number of amidine groups is 2. The largest absolute Gasteiger partial charge is 0.481 e. The summed E-state index contributed by atoms with van der Waals surface area (Å²) < 4.78 is 16.4. The Morgan fingerprint density at radius 2 is 0.549 bits per heavy atom. The number of carbonyl (C=O) groups is 10. The summed E-state index contributed by atoms with van der Waals surface area (Å²) in [7, 11) is 0. The standard InChI is InChI=1S/2C12H12N4O3S.2C12H9N3O2S.3C12H10N2O4S/c13-11(16-19)7-2-1-3-8(6-7)12-15-14-9(20-12)4-5-10(17)18;13-11(15-19)7-2-1-3-8(6-7)12-14-9(16-20-12)4-5-10(17)18;13-7-8-2-1-3-9(6-8)12-15-14-10(18-12)4-5-11(16)17;13-7-8-2-1-3-9(6-8)12-14-10(15-18-12)4-5-11(16)17;15-10(16)5-4-9-13-14-11(19-9)7-2-1-3-8(6-7)12(17)18;15-10(16)5-4-9-13-11(14-19-9)7-2-1-3-8(6-7)12(17)18;15-10(16)5-4-9-13-11(19-14-9)7-2-1-3-8(6-7)12(17)18/h1-3,6,19H,4-5H2,(H2,13,16)(H,17,18);1-3,6,19H,4-5H2,(H2,13,15)(H,17,18);2*1-3,6H,4-5H2,(H,16,17);3*1-3,6H,4-5H2,(H,15,16)(H,17,18). The average Bonchev–Trinajstić information content (AvgIpc) is 1.77. The molecule has 682 valence electrons. The molecule has 42 nitrogen and oxygen atoms in total. The van der Waals surface area contributed by atoms with Crippen molar-refractivity contribution in [3.05, 3.63) is 246 Å². The van der Waals surface area contributed by atoms with Gasteiger partial charge < -0.3 is 72.9 Å². The number of aromatic nitrogens is 14. The summed E-state index contributed by atoms with van der Waals surface area (Å²) in [6.07, 6.45) is 2.36. The van der Waals surface area contributed by atoms with Gasteiger partial charge in [0.05, 0.1) is 84.9 Å². The second-order valence-electron chi connectivity index (χ2n) is 26.5. The number of oxime groups is 2. The van der Waals surface area contributed by atoms with Gasteiger partial charge in [-0.1, -0.05) is 141 Å². The zero-order valence-corrected chi connectivity index (χ0v) is 74.3. The van der Waals surface area contributed by atoms with Crippen LogP contribution in [0.4, 0.5) is 0 Å². The first-order valence-corrected chi connectivity index (χ1v) is 43.8. The highest BCUT2D eigenvalue weighted by molar-refractivity contribution is 7.15. The Bertz CT molecular complexity index is 6110. The van der Waals surface area contributed by atoms with E-state index in [-0.39, 0.29) is 79.7 Å². The van der Waals surface area contributed by atoms with Gasteiger partial charge in [0.25, 0.3) is 0 Å². The zero-order chi connectivity index (χ0) is 96.5. The van der Waals surface area contributed by atoms with E-state index in [1.165, 1.54) is 93.5 Å². The van der Waals surface area contributed by atoms with Crippen molar-refractivity contribution in [2.75, 3.05) is 0 Å². The normalized spacial score (nSPS) is 10.6. The highest BCUT2D eigenvalue weighted by Gasteiger charge is 2.19. The minimum Gasteiger partial charge on any atom is -0.481 e. The third-order valence-electron chi connectivity index (χ3n) is 16.8. The van der Waals surface area contributed by atoms with Crippen molar-refractivity contribution < 1.29 is 109 Å². The third kappa shape index (κ3) is 34.7. The summed E-state index contributed by atoms with van der Waals surface area (Å²) in [5.41, 5.74) is 19.0. The summed E-state index contributed by atoms with van der Waals surface area (Å²) in [6, 6.07) is 51.5. The molecular weight excluding hydrogens is 1870 g/mol. The summed E-state index contributed by atoms with van der Waals surface area (Å²) in [6.45, 7) is 0. The number of carboxylic acids is 10. The molecule has 133 heavy (non-hydrogen) atoms. The molecule has 0 atom stereocenters. The number of benzene rings is 7. The maximum atomic E-state index is 10.9. The topological polar surface area (TPSA) is 718 Å². The van der Waals surface area contributed by atoms with Crippen LogP contribution < -0.4 is 11.5 Å². The van der Waals surface area contributed by atoms with Gasteiger partial charge in [0, 0.05) is 95.0 Å². The van der Waals surface area contributed by atoms with Crippen LogP contribution in [0.5, 0.6) is 0 Å². The van der Waals surface area contributed by atoms with Crippen LogP contribution in [0.15, 0.2) is 180 Å². The highest BCUT2D eigenvalue weighted by atomic mass is 32.1. The molecule has 0 saturated heterocycles. The first kappa shape index (κ1) is 102. The molecule has 14 rings (SSSR count). The molecule has 0 bridgehead atoms. The second-order valence-corrected chi connectivity index (χ2v) is 32.8. The van der Waals surface area contributed by atoms with E-state index in [4.69, 9.17) is 83.5 Å². The zero-order valence-electron chi connectivity index (χ0n) is 68.6. The molecule has 14 aromatic rings. The van der Waals surface area contributed by atoms with Crippen molar-refractivity contribution in [2.45, 2.75) is 89.9 Å². The first-order chi connectivity index (χ1) is 63.7. The van der Waals surface area contributed by atoms with Crippen molar-refractivity contribution in [3.8, 4) is 87.0 Å². The quantitative estimate of drug-likeness (QED) is 0.00786. The van der Waals surface area contributed by atoms with Gasteiger partial charge in [-0.05, 0) is 119 Å². The van der Waals surface area contributed by atoms with Gasteiger partial charge in [0.15, 0.2) is 17.5 Å². The number of nitrogens with zero attached hydrogens (tertiary/aromatic N) is 18. The van der Waals surface area contributed by atoms with E-state index in [0.717, 1.165) is 45.3 Å². The number of hydrogen-bond donors (Lipinski definition) is 14. The number of carboxylic acid groups (broad SMARTS) is 10. The van der Waals surface area contributed by atoms with Crippen molar-refractivity contribution in [2.24, 2.45) is 21.8 Å². The molecule has 0 radical (unpaired) electrons. The SMILES string of the molecule is N#Cc1cccc(-c2nc(CCC(=O)O)ns2)c1.N#Cc1cccc(-c2nnc(CCC(=O)O)s2)c1.N/C(=N/O)c1cccc(-c2nc(CCC(=O)O)ns2)c1.N/C(=N/O)c1cccc(-c2nnc(CCC(=O)O)s2)c1.O=C(O)CCc1nc(-c2cccc(C(=O)O)c2)ns1.O=C(O)CCc1nnc(-c2cccc(C(=O)O)c2)s1.O=C(O)CCc1nsc(-c2cccc(C(=O)O)c2)n1. The van der Waals surface area contributed by atoms with Gasteiger partial charge in [-0.3, -0.25) is 33.6 Å². The van der Waals surface area contributed by atoms with E-state index >= 15 is 0 Å². The molecule has 0 fully saturated rings. The lowest BCUT2D eigenvalue weighted by molar-refractivity contribution is -0.138. The minimum absolute atomic E-state index is 0.000329. The predicted octanol–water partition coefficient (Wildman–Crippen LogP) is 12.6. The van der Waals surface area contributed by atoms with Gasteiger partial charge in [0.1, 0.15) is 67.5 Å². The molecular formula is C84H72N20O22S7. The number of rotatable bonds is 33. The van der Waals surface area contributed by atoms with E-state index in [2.05, 4.69) is 90.5 Å². The molecule has 0 aliphatic carbocycles. The molecule has 7 heterocycles. The van der Waals surface area contributed by atoms with Crippen LogP contribution in [0.3, 0.4) is 0 Å². The van der Waals surface area contributed by atoms with E-state index in [0.29, 0.717) is 151 Å². The van der Waals surface area contributed by atoms with Crippen LogP contribution in [-0.2, 0) is 78.5 Å². The van der Waals surface area contributed by atoms with Crippen molar-refractivity contribution >= 4 is 152 Å². The van der Waals surface area contributed by atoms with Gasteiger partial charge >= 0.3 is 59.7 Å². The van der Waals surface area contributed by atoms with Crippen LogP contribution in [0.1, 0.15) is 136 Å². The Balaban J connectivity index is 0.000000191. The number of aliphatic carboxylic acids is 7. The van der Waals surface area contributed by atoms with E-state index in [9.17, 15) is 47.9 Å². The number of nitrogens with two attached hydrogens (primary N) is 2. The molecule has 7 aromatic heterocycles. The molecule has 0 aliphatic rings. The molecule has 16 N–H and O–H groups in total. The molecule has 0 unspecified atom stereocenters. The Labute approximate surface area is 779 Å². The van der Waals surface area contributed by atoms with E-state index in [1.807, 2.05) is 24.3 Å². The number of aryl methyl sites for hydroxylation is 7. The Kier molecular flexibility index (Phi) is 40.1. The number of nitriles is 2. The lowest BCUT2D eigenvalue weighted by Crippen LogP contribution is -2.12. The smallest absolute Gasteiger partial charge is 0.335 e. The van der Waals surface area contributed by atoms with E-state index < -0.39 is 59.7 Å². The summed E-state index contributed by atoms with van der Waals surface area (Å²) in [5.74, 6) is -7.19. The minimum atomic E-state index is -1.01. The number of hydrogen-bond acceptors (Lipinski definition) is 37. The summed E-state index contributed by atoms with van der Waals surface area (Å²) in [5, 5.41) is 158. The molecule has 0 spiro atoms. The molecule has 0 aliphatic heterocycles. The Morgan fingerprint density at radius 1 is 0.293 bits per heavy atom. The van der Waals surface area contributed by atoms with Crippen molar-refractivity contribution in [1.82, 2.24) is 68.0 Å². The highest BCUT2D eigenvalue weighted by Crippen LogP contribution is 2.31. The summed E-state index contributed by atoms with van der Waals surface area (Å²) >= 11 is 8.60. The first-order valence-electron chi connectivity index (χ1n) is 38.2. The second kappa shape index (κ2) is 52.2. The molecule has 49 heteroatoms. The third-order valence-corrected chi connectivity index (χ3v) is 23.0. The summed E-state index contributed by atoms with van der Waals surface area (Å²) in [4.78, 5) is 123. The fraction of sp³-hybridized carbons (Fsp3) is 0.167. The fourth-order valence-corrected chi connectivity index (χ4v) is 15.6. The van der Waals surface area contributed by atoms with Crippen molar-refractivity contribution in [1.29, 1.82) is 10.5 Å². The predicted molar refractivity (Wildman–Crippen MR) is 484 cm³/mol. The lowest BCUT2D eigenvalue weighted by Gasteiger charge is -2.00. The van der Waals surface area contributed by atoms with Crippen LogP contribution in [0.2, 0.25) is 0 Å². The monoisotopic (exact) mass is 1940 g/mol. The van der Waals surface area contributed by atoms with Gasteiger partial charge in [-0.2, -0.15) is 28.0 Å². The van der Waals surface area contributed by atoms with Gasteiger partial charge in [-0.25, -0.2) is 34.3 Å². The van der Waals surface area contributed by atoms with Crippen molar-refractivity contribution in [3.63, 3.8) is 0 Å². The Morgan fingerprint density at radius 3 is 0.850 bits per heavy atom. The molecule has 0 saturated carbocycles. The van der Waals surface area contributed by atoms with Gasteiger partial charge in [0.2, 0.25) is 0 Å². The van der Waals surface area contributed by atoms with Crippen LogP contribution in [-0.4, -0.2) is 201 Å². The fourth-order valence-electron chi connectivity index (χ4n) is 10.4. The average molecular weight is 1940 g/mol. The Hall–Kier alpha value is -16.3. The van der Waals surface area contributed by atoms with Crippen LogP contribution in [0, 0.1) is 22.7 Å². The van der Waals surface area contributed by atoms with E-state index in [1.54, 1.807) is 109 Å². The lowest BCUT2D eigenvalue weighted by atomic mass is 10.1. The van der Waals surface area contributed by atoms with Gasteiger partial charge in [-0.15, -0.1) is 30.6 Å². The number of aromatic carboxylic acids is 3. The molecule has 7 aromatic carbocycles. The van der Waals surface area contributed by atoms with Crippen LogP contribution in [0.25, 0.3) is 74.8 Å². The maximum Gasteiger partial charge on any atom is 0.335 e. The van der Waals surface area contributed by atoms with Crippen LogP contribution >= 0.6 is 80.1 Å².